The van der Waals surface area contributed by atoms with Gasteiger partial charge in [0.25, 0.3) is 5.91 Å². The highest BCUT2D eigenvalue weighted by molar-refractivity contribution is 7.90. The van der Waals surface area contributed by atoms with Crippen LogP contribution in [-0.4, -0.2) is 34.0 Å². The van der Waals surface area contributed by atoms with Gasteiger partial charge in [-0.25, -0.2) is 8.42 Å². The van der Waals surface area contributed by atoms with Gasteiger partial charge < -0.3 is 15.1 Å². The van der Waals surface area contributed by atoms with Crippen molar-refractivity contribution in [2.45, 2.75) is 29.9 Å². The van der Waals surface area contributed by atoms with Crippen molar-refractivity contribution in [3.63, 3.8) is 0 Å². The number of amides is 1. The van der Waals surface area contributed by atoms with Crippen molar-refractivity contribution in [3.05, 3.63) is 54.0 Å². The highest BCUT2D eigenvalue weighted by atomic mass is 32.2. The van der Waals surface area contributed by atoms with Crippen LogP contribution in [0.4, 0.5) is 0 Å². The minimum Gasteiger partial charge on any atom is -0.459 e. The number of furan rings is 1. The molecule has 0 bridgehead atoms. The van der Waals surface area contributed by atoms with Crippen molar-refractivity contribution >= 4 is 15.7 Å². The molecule has 0 saturated carbocycles. The first-order chi connectivity index (χ1) is 12.6. The van der Waals surface area contributed by atoms with Gasteiger partial charge in [-0.1, -0.05) is 18.2 Å². The molecule has 1 unspecified atom stereocenters. The van der Waals surface area contributed by atoms with Crippen LogP contribution < -0.4 is 10.6 Å². The fourth-order valence-corrected chi connectivity index (χ4v) is 4.58. The highest BCUT2D eigenvalue weighted by Gasteiger charge is 2.22. The summed E-state index contributed by atoms with van der Waals surface area (Å²) in [6.45, 7) is 2.60. The van der Waals surface area contributed by atoms with Crippen LogP contribution in [0.5, 0.6) is 0 Å². The number of rotatable bonds is 7. The molecule has 2 aromatic rings. The van der Waals surface area contributed by atoms with Crippen molar-refractivity contribution in [1.82, 2.24) is 10.6 Å². The Kier molecular flexibility index (Phi) is 6.11. The lowest BCUT2D eigenvalue weighted by Crippen LogP contribution is -2.33. The number of carbonyl (C=O) groups excluding carboxylic acids is 1. The summed E-state index contributed by atoms with van der Waals surface area (Å²) in [5.41, 5.74) is 0.380. The lowest BCUT2D eigenvalue weighted by atomic mass is 9.96. The number of benzene rings is 1. The average Bonchev–Trinajstić information content (AvgIpc) is 3.11. The predicted molar refractivity (Wildman–Crippen MR) is 98.6 cm³/mol. The summed E-state index contributed by atoms with van der Waals surface area (Å²) in [6.07, 6.45) is 4.59. The molecule has 2 N–H and O–H groups in total. The SMILES string of the molecule is O=C(NCCC1CCCNC1)c1occc1CS(=O)(=O)c1ccccc1. The van der Waals surface area contributed by atoms with Crippen LogP contribution in [-0.2, 0) is 15.6 Å². The number of piperidine rings is 1. The largest absolute Gasteiger partial charge is 0.459 e. The molecule has 0 aliphatic carbocycles. The number of sulfone groups is 1. The quantitative estimate of drug-likeness (QED) is 0.774. The zero-order valence-electron chi connectivity index (χ0n) is 14.6. The summed E-state index contributed by atoms with van der Waals surface area (Å²) < 4.78 is 30.3. The molecule has 1 aromatic carbocycles. The van der Waals surface area contributed by atoms with Crippen LogP contribution in [0.15, 0.2) is 52.0 Å². The Morgan fingerprint density at radius 1 is 1.23 bits per heavy atom. The smallest absolute Gasteiger partial charge is 0.287 e. The van der Waals surface area contributed by atoms with Crippen molar-refractivity contribution in [2.75, 3.05) is 19.6 Å². The third kappa shape index (κ3) is 4.74. The van der Waals surface area contributed by atoms with E-state index in [0.717, 1.165) is 25.9 Å². The van der Waals surface area contributed by atoms with E-state index in [1.807, 2.05) is 0 Å². The second-order valence-electron chi connectivity index (χ2n) is 6.60. The van der Waals surface area contributed by atoms with Crippen molar-refractivity contribution < 1.29 is 17.6 Å². The molecule has 3 rings (SSSR count). The van der Waals surface area contributed by atoms with Crippen LogP contribution in [0.3, 0.4) is 0 Å². The Morgan fingerprint density at radius 3 is 2.77 bits per heavy atom. The van der Waals surface area contributed by atoms with Gasteiger partial charge in [0.05, 0.1) is 16.9 Å². The zero-order chi connectivity index (χ0) is 18.4. The van der Waals surface area contributed by atoms with Crippen LogP contribution >= 0.6 is 0 Å². The maximum Gasteiger partial charge on any atom is 0.287 e. The van der Waals surface area contributed by atoms with Crippen LogP contribution in [0, 0.1) is 5.92 Å². The Balaban J connectivity index is 1.60. The Morgan fingerprint density at radius 2 is 2.04 bits per heavy atom. The summed E-state index contributed by atoms with van der Waals surface area (Å²) in [5, 5.41) is 6.20. The van der Waals surface area contributed by atoms with Crippen LogP contribution in [0.25, 0.3) is 0 Å². The average molecular weight is 376 g/mol. The van der Waals surface area contributed by atoms with Crippen molar-refractivity contribution in [1.29, 1.82) is 0 Å². The van der Waals surface area contributed by atoms with Crippen molar-refractivity contribution in [2.24, 2.45) is 5.92 Å². The summed E-state index contributed by atoms with van der Waals surface area (Å²) in [6, 6.07) is 9.75. The molecule has 7 heteroatoms. The predicted octanol–water partition coefficient (Wildman–Crippen LogP) is 2.37. The molecule has 6 nitrogen and oxygen atoms in total. The van der Waals surface area contributed by atoms with Gasteiger partial charge in [0.15, 0.2) is 15.6 Å². The molecule has 1 aliphatic rings. The minimum atomic E-state index is -3.53. The summed E-state index contributed by atoms with van der Waals surface area (Å²) in [7, 11) is -3.53. The van der Waals surface area contributed by atoms with Gasteiger partial charge in [0.1, 0.15) is 0 Å². The van der Waals surface area contributed by atoms with Crippen LogP contribution in [0.2, 0.25) is 0 Å². The van der Waals surface area contributed by atoms with E-state index in [0.29, 0.717) is 18.0 Å². The normalized spacial score (nSPS) is 17.8. The standard InChI is InChI=1S/C19H24N2O4S/c22-19(21-11-8-15-5-4-10-20-13-15)18-16(9-12-25-18)14-26(23,24)17-6-2-1-3-7-17/h1-3,6-7,9,12,15,20H,4-5,8,10-11,13-14H2,(H,21,22). The van der Waals surface area contributed by atoms with E-state index in [9.17, 15) is 13.2 Å². The first-order valence-corrected chi connectivity index (χ1v) is 10.5. The topological polar surface area (TPSA) is 88.4 Å². The van der Waals surface area contributed by atoms with Gasteiger partial charge in [-0.2, -0.15) is 0 Å². The fourth-order valence-electron chi connectivity index (χ4n) is 3.20. The third-order valence-corrected chi connectivity index (χ3v) is 6.32. The minimum absolute atomic E-state index is 0.0753. The molecule has 1 saturated heterocycles. The third-order valence-electron chi connectivity index (χ3n) is 4.64. The lowest BCUT2D eigenvalue weighted by molar-refractivity contribution is 0.0922. The van der Waals surface area contributed by atoms with Gasteiger partial charge in [-0.3, -0.25) is 4.79 Å². The highest BCUT2D eigenvalue weighted by Crippen LogP contribution is 2.20. The van der Waals surface area contributed by atoms with E-state index >= 15 is 0 Å². The Labute approximate surface area is 153 Å². The van der Waals surface area contributed by atoms with Gasteiger partial charge in [-0.05, 0) is 56.5 Å². The molecule has 2 heterocycles. The molecule has 0 radical (unpaired) electrons. The van der Waals surface area contributed by atoms with E-state index in [2.05, 4.69) is 10.6 Å². The summed E-state index contributed by atoms with van der Waals surface area (Å²) in [5.74, 6) is 0.0184. The second-order valence-corrected chi connectivity index (χ2v) is 8.59. The first kappa shape index (κ1) is 18.7. The maximum atomic E-state index is 12.5. The zero-order valence-corrected chi connectivity index (χ0v) is 15.4. The number of hydrogen-bond acceptors (Lipinski definition) is 5. The monoisotopic (exact) mass is 376 g/mol. The number of carbonyl (C=O) groups is 1. The second kappa shape index (κ2) is 8.51. The fraction of sp³-hybridized carbons (Fsp3) is 0.421. The van der Waals surface area contributed by atoms with E-state index < -0.39 is 9.84 Å². The summed E-state index contributed by atoms with van der Waals surface area (Å²) >= 11 is 0. The molecule has 1 amide bonds. The lowest BCUT2D eigenvalue weighted by Gasteiger charge is -2.22. The Hall–Kier alpha value is -2.12. The molecular weight excluding hydrogens is 352 g/mol. The van der Waals surface area contributed by atoms with E-state index in [4.69, 9.17) is 4.42 Å². The summed E-state index contributed by atoms with van der Waals surface area (Å²) in [4.78, 5) is 12.6. The van der Waals surface area contributed by atoms with Gasteiger partial charge >= 0.3 is 0 Å². The molecule has 1 fully saturated rings. The molecule has 1 atom stereocenters. The van der Waals surface area contributed by atoms with Gasteiger partial charge in [0.2, 0.25) is 0 Å². The molecule has 1 aliphatic heterocycles. The van der Waals surface area contributed by atoms with Crippen molar-refractivity contribution in [3.8, 4) is 0 Å². The van der Waals surface area contributed by atoms with E-state index in [1.54, 1.807) is 36.4 Å². The maximum absolute atomic E-state index is 12.5. The molecule has 26 heavy (non-hydrogen) atoms. The number of hydrogen-bond donors (Lipinski definition) is 2. The first-order valence-electron chi connectivity index (χ1n) is 8.89. The van der Waals surface area contributed by atoms with Crippen LogP contribution in [0.1, 0.15) is 35.4 Å². The molecule has 0 spiro atoms. The molecular formula is C19H24N2O4S. The molecule has 1 aromatic heterocycles. The number of nitrogens with one attached hydrogen (secondary N) is 2. The van der Waals surface area contributed by atoms with E-state index in [1.165, 1.54) is 12.7 Å². The van der Waals surface area contributed by atoms with Gasteiger partial charge in [-0.15, -0.1) is 0 Å². The molecule has 140 valence electrons. The Bertz CT molecular complexity index is 824. The van der Waals surface area contributed by atoms with Gasteiger partial charge in [0, 0.05) is 12.1 Å². The van der Waals surface area contributed by atoms with E-state index in [-0.39, 0.29) is 22.3 Å².